The molecule has 14 heavy (non-hydrogen) atoms. The van der Waals surface area contributed by atoms with E-state index in [-0.39, 0.29) is 5.92 Å². The minimum atomic E-state index is -0.0758. The molecular weight excluding hydrogens is 216 g/mol. The van der Waals surface area contributed by atoms with Gasteiger partial charge in [0.15, 0.2) is 0 Å². The summed E-state index contributed by atoms with van der Waals surface area (Å²) in [6.45, 7) is 3.95. The molecule has 0 fully saturated rings. The Morgan fingerprint density at radius 2 is 2.29 bits per heavy atom. The van der Waals surface area contributed by atoms with Crippen molar-refractivity contribution in [2.75, 3.05) is 5.75 Å². The first-order valence-corrected chi connectivity index (χ1v) is 5.93. The Balaban J connectivity index is 2.93. The Hall–Kier alpha value is -0.470. The van der Waals surface area contributed by atoms with Gasteiger partial charge in [0.25, 0.3) is 0 Å². The first-order valence-electron chi connectivity index (χ1n) is 4.56. The van der Waals surface area contributed by atoms with Crippen molar-refractivity contribution < 1.29 is 4.79 Å². The van der Waals surface area contributed by atoms with Crippen LogP contribution in [-0.2, 0) is 4.79 Å². The van der Waals surface area contributed by atoms with Crippen LogP contribution in [0.2, 0.25) is 5.02 Å². The lowest BCUT2D eigenvalue weighted by molar-refractivity contribution is -0.108. The van der Waals surface area contributed by atoms with Gasteiger partial charge in [-0.1, -0.05) is 31.5 Å². The third-order valence-electron chi connectivity index (χ3n) is 1.99. The van der Waals surface area contributed by atoms with Gasteiger partial charge in [0.1, 0.15) is 6.29 Å². The smallest absolute Gasteiger partial charge is 0.127 e. The number of aldehydes is 1. The summed E-state index contributed by atoms with van der Waals surface area (Å²) in [7, 11) is 0. The topological polar surface area (TPSA) is 17.1 Å². The lowest BCUT2D eigenvalue weighted by Gasteiger charge is -2.07. The lowest BCUT2D eigenvalue weighted by Crippen LogP contribution is -1.94. The molecule has 76 valence electrons. The van der Waals surface area contributed by atoms with Gasteiger partial charge in [0, 0.05) is 10.8 Å². The largest absolute Gasteiger partial charge is 0.303 e. The molecule has 0 N–H and O–H groups in total. The second-order valence-electron chi connectivity index (χ2n) is 3.05. The molecule has 1 nitrogen and oxygen atoms in total. The standard InChI is InChI=1S/C11H13ClOS/c1-3-14-11-5-4-9(6-10(11)12)8(2)7-13/h4-8H,3H2,1-2H3. The predicted octanol–water partition coefficient (Wildman–Crippen LogP) is 3.75. The first-order chi connectivity index (χ1) is 6.69. The third-order valence-corrected chi connectivity index (χ3v) is 3.37. The van der Waals surface area contributed by atoms with Crippen LogP contribution in [0.1, 0.15) is 25.3 Å². The van der Waals surface area contributed by atoms with Crippen LogP contribution >= 0.6 is 23.4 Å². The van der Waals surface area contributed by atoms with Crippen molar-refractivity contribution in [2.24, 2.45) is 0 Å². The third kappa shape index (κ3) is 2.76. The number of thioether (sulfide) groups is 1. The Labute approximate surface area is 93.8 Å². The molecule has 0 aromatic heterocycles. The molecule has 1 aromatic carbocycles. The molecular formula is C11H13ClOS. The Bertz CT molecular complexity index is 325. The quantitative estimate of drug-likeness (QED) is 0.577. The maximum atomic E-state index is 10.6. The molecule has 0 aliphatic heterocycles. The molecule has 0 saturated carbocycles. The van der Waals surface area contributed by atoms with Gasteiger partial charge in [-0.05, 0) is 23.4 Å². The van der Waals surface area contributed by atoms with Gasteiger partial charge in [-0.3, -0.25) is 0 Å². The van der Waals surface area contributed by atoms with Gasteiger partial charge in [-0.2, -0.15) is 0 Å². The highest BCUT2D eigenvalue weighted by Crippen LogP contribution is 2.29. The summed E-state index contributed by atoms with van der Waals surface area (Å²) in [6, 6.07) is 5.81. The molecule has 0 aliphatic carbocycles. The van der Waals surface area contributed by atoms with Crippen LogP contribution in [0.25, 0.3) is 0 Å². The fourth-order valence-corrected chi connectivity index (χ4v) is 2.18. The van der Waals surface area contributed by atoms with Crippen molar-refractivity contribution in [3.8, 4) is 0 Å². The number of carbonyl (C=O) groups is 1. The van der Waals surface area contributed by atoms with E-state index in [1.165, 1.54) is 0 Å². The Kier molecular flexibility index (Phi) is 4.49. The molecule has 0 aliphatic rings. The Morgan fingerprint density at radius 3 is 2.79 bits per heavy atom. The molecule has 1 aromatic rings. The van der Waals surface area contributed by atoms with Crippen molar-refractivity contribution >= 4 is 29.6 Å². The highest BCUT2D eigenvalue weighted by Gasteiger charge is 2.06. The number of halogens is 1. The average molecular weight is 229 g/mol. The molecule has 1 atom stereocenters. The second kappa shape index (κ2) is 5.42. The summed E-state index contributed by atoms with van der Waals surface area (Å²) in [5.74, 6) is 0.927. The van der Waals surface area contributed by atoms with E-state index in [9.17, 15) is 4.79 Å². The molecule has 1 rings (SSSR count). The van der Waals surface area contributed by atoms with Crippen molar-refractivity contribution in [1.82, 2.24) is 0 Å². The van der Waals surface area contributed by atoms with Gasteiger partial charge < -0.3 is 4.79 Å². The molecule has 1 unspecified atom stereocenters. The van der Waals surface area contributed by atoms with Crippen LogP contribution in [0.5, 0.6) is 0 Å². The van der Waals surface area contributed by atoms with Crippen molar-refractivity contribution in [1.29, 1.82) is 0 Å². The van der Waals surface area contributed by atoms with Gasteiger partial charge >= 0.3 is 0 Å². The van der Waals surface area contributed by atoms with Crippen LogP contribution in [0.4, 0.5) is 0 Å². The predicted molar refractivity (Wildman–Crippen MR) is 62.3 cm³/mol. The maximum absolute atomic E-state index is 10.6. The summed E-state index contributed by atoms with van der Waals surface area (Å²) >= 11 is 7.78. The zero-order valence-electron chi connectivity index (χ0n) is 8.29. The fraction of sp³-hybridized carbons (Fsp3) is 0.364. The van der Waals surface area contributed by atoms with E-state index in [4.69, 9.17) is 11.6 Å². The van der Waals surface area contributed by atoms with E-state index in [0.29, 0.717) is 0 Å². The fourth-order valence-electron chi connectivity index (χ4n) is 1.15. The first kappa shape index (κ1) is 11.6. The number of rotatable bonds is 4. The van der Waals surface area contributed by atoms with E-state index in [2.05, 4.69) is 6.92 Å². The van der Waals surface area contributed by atoms with Crippen LogP contribution in [0.3, 0.4) is 0 Å². The normalized spacial score (nSPS) is 12.5. The summed E-state index contributed by atoms with van der Waals surface area (Å²) in [5, 5.41) is 0.739. The van der Waals surface area contributed by atoms with Crippen molar-refractivity contribution in [3.05, 3.63) is 28.8 Å². The van der Waals surface area contributed by atoms with E-state index < -0.39 is 0 Å². The van der Waals surface area contributed by atoms with Gasteiger partial charge in [0.2, 0.25) is 0 Å². The second-order valence-corrected chi connectivity index (χ2v) is 4.76. The number of benzene rings is 1. The summed E-state index contributed by atoms with van der Waals surface area (Å²) in [4.78, 5) is 11.7. The number of hydrogen-bond donors (Lipinski definition) is 0. The van der Waals surface area contributed by atoms with E-state index in [1.54, 1.807) is 11.8 Å². The molecule has 0 amide bonds. The zero-order valence-corrected chi connectivity index (χ0v) is 9.86. The number of carbonyl (C=O) groups excluding carboxylic acids is 1. The SMILES string of the molecule is CCSc1ccc(C(C)C=O)cc1Cl. The monoisotopic (exact) mass is 228 g/mol. The summed E-state index contributed by atoms with van der Waals surface area (Å²) in [6.07, 6.45) is 0.929. The van der Waals surface area contributed by atoms with Crippen LogP contribution < -0.4 is 0 Å². The molecule has 0 heterocycles. The minimum Gasteiger partial charge on any atom is -0.303 e. The molecule has 0 radical (unpaired) electrons. The van der Waals surface area contributed by atoms with Crippen LogP contribution in [0.15, 0.2) is 23.1 Å². The van der Waals surface area contributed by atoms with Crippen LogP contribution in [-0.4, -0.2) is 12.0 Å². The van der Waals surface area contributed by atoms with E-state index >= 15 is 0 Å². The number of hydrogen-bond acceptors (Lipinski definition) is 2. The van der Waals surface area contributed by atoms with Gasteiger partial charge in [-0.25, -0.2) is 0 Å². The maximum Gasteiger partial charge on any atom is 0.127 e. The molecule has 0 spiro atoms. The molecule has 0 saturated heterocycles. The van der Waals surface area contributed by atoms with Crippen LogP contribution in [0, 0.1) is 0 Å². The Morgan fingerprint density at radius 1 is 1.57 bits per heavy atom. The minimum absolute atomic E-state index is 0.0758. The molecule has 3 heteroatoms. The van der Waals surface area contributed by atoms with Gasteiger partial charge in [0.05, 0.1) is 5.02 Å². The zero-order chi connectivity index (χ0) is 10.6. The van der Waals surface area contributed by atoms with E-state index in [1.807, 2.05) is 25.1 Å². The molecule has 0 bridgehead atoms. The summed E-state index contributed by atoms with van der Waals surface area (Å²) < 4.78 is 0. The van der Waals surface area contributed by atoms with Crippen molar-refractivity contribution in [2.45, 2.75) is 24.7 Å². The highest BCUT2D eigenvalue weighted by atomic mass is 35.5. The lowest BCUT2D eigenvalue weighted by atomic mass is 10.0. The highest BCUT2D eigenvalue weighted by molar-refractivity contribution is 7.99. The van der Waals surface area contributed by atoms with Gasteiger partial charge in [-0.15, -0.1) is 11.8 Å². The van der Waals surface area contributed by atoms with Crippen molar-refractivity contribution in [3.63, 3.8) is 0 Å². The average Bonchev–Trinajstić information content (AvgIpc) is 2.20. The van der Waals surface area contributed by atoms with E-state index in [0.717, 1.165) is 27.5 Å². The summed E-state index contributed by atoms with van der Waals surface area (Å²) in [5.41, 5.74) is 0.977.